The second-order valence-electron chi connectivity index (χ2n) is 3.27. The molecule has 0 atom stereocenters. The Labute approximate surface area is 103 Å². The largest absolute Gasteiger partial charge is 0.324 e. The first-order valence-electron chi connectivity index (χ1n) is 4.61. The fraction of sp³-hybridized carbons (Fsp3) is 0.0909. The molecule has 1 aromatic heterocycles. The maximum atomic E-state index is 10.7. The van der Waals surface area contributed by atoms with E-state index in [-0.39, 0.29) is 0 Å². The zero-order chi connectivity index (χ0) is 11.5. The van der Waals surface area contributed by atoms with Crippen LogP contribution in [0.5, 0.6) is 0 Å². The van der Waals surface area contributed by atoms with Crippen LogP contribution in [0.3, 0.4) is 0 Å². The van der Waals surface area contributed by atoms with Crippen LogP contribution in [-0.2, 0) is 6.54 Å². The predicted octanol–water partition coefficient (Wildman–Crippen LogP) is 3.05. The number of aldehydes is 1. The van der Waals surface area contributed by atoms with Gasteiger partial charge in [0.25, 0.3) is 0 Å². The van der Waals surface area contributed by atoms with E-state index < -0.39 is 0 Å². The third-order valence-corrected chi connectivity index (χ3v) is 2.81. The van der Waals surface area contributed by atoms with E-state index in [1.165, 1.54) is 0 Å². The molecule has 0 spiro atoms. The molecule has 0 saturated heterocycles. The van der Waals surface area contributed by atoms with Crippen LogP contribution in [0.15, 0.2) is 30.6 Å². The minimum atomic E-state index is 0.371. The van der Waals surface area contributed by atoms with E-state index in [0.717, 1.165) is 5.56 Å². The van der Waals surface area contributed by atoms with Gasteiger partial charge in [-0.25, -0.2) is 4.98 Å². The topological polar surface area (TPSA) is 34.9 Å². The molecule has 5 heteroatoms. The molecule has 16 heavy (non-hydrogen) atoms. The smallest absolute Gasteiger partial charge is 0.185 e. The molecule has 0 bridgehead atoms. The van der Waals surface area contributed by atoms with Gasteiger partial charge >= 0.3 is 0 Å². The third-order valence-electron chi connectivity index (χ3n) is 2.20. The average molecular weight is 255 g/mol. The van der Waals surface area contributed by atoms with Crippen molar-refractivity contribution >= 4 is 29.5 Å². The number of aromatic nitrogens is 2. The highest BCUT2D eigenvalue weighted by Gasteiger charge is 2.05. The molecule has 0 aliphatic heterocycles. The quantitative estimate of drug-likeness (QED) is 0.790. The van der Waals surface area contributed by atoms with Crippen molar-refractivity contribution in [2.45, 2.75) is 6.54 Å². The first kappa shape index (κ1) is 11.2. The summed E-state index contributed by atoms with van der Waals surface area (Å²) < 4.78 is 1.71. The minimum Gasteiger partial charge on any atom is -0.324 e. The maximum absolute atomic E-state index is 10.7. The molecular formula is C11H8Cl2N2O. The number of rotatable bonds is 3. The van der Waals surface area contributed by atoms with E-state index in [9.17, 15) is 4.79 Å². The molecule has 0 amide bonds. The molecule has 0 aliphatic rings. The molecule has 0 radical (unpaired) electrons. The van der Waals surface area contributed by atoms with E-state index in [0.29, 0.717) is 28.7 Å². The third kappa shape index (κ3) is 2.26. The van der Waals surface area contributed by atoms with Crippen molar-refractivity contribution < 1.29 is 4.79 Å². The van der Waals surface area contributed by atoms with Crippen LogP contribution in [0.25, 0.3) is 0 Å². The standard InChI is InChI=1S/C11H8Cl2N2O/c12-9-1-2-10(13)8(5-9)6-15-4-3-14-11(15)7-16/h1-5,7H,6H2. The Kier molecular flexibility index (Phi) is 3.27. The van der Waals surface area contributed by atoms with E-state index >= 15 is 0 Å². The lowest BCUT2D eigenvalue weighted by atomic mass is 10.2. The molecule has 1 heterocycles. The summed E-state index contributed by atoms with van der Waals surface area (Å²) in [4.78, 5) is 14.6. The number of hydrogen-bond donors (Lipinski definition) is 0. The lowest BCUT2D eigenvalue weighted by molar-refractivity contribution is 0.111. The lowest BCUT2D eigenvalue weighted by Crippen LogP contribution is -2.03. The summed E-state index contributed by atoms with van der Waals surface area (Å²) in [7, 11) is 0. The van der Waals surface area contributed by atoms with Gasteiger partial charge in [-0.2, -0.15) is 0 Å². The van der Waals surface area contributed by atoms with Crippen LogP contribution in [0, 0.1) is 0 Å². The SMILES string of the molecule is O=Cc1nccn1Cc1cc(Cl)ccc1Cl. The van der Waals surface area contributed by atoms with Crippen LogP contribution in [0.2, 0.25) is 10.0 Å². The number of carbonyl (C=O) groups is 1. The molecule has 0 saturated carbocycles. The Morgan fingerprint density at radius 3 is 2.94 bits per heavy atom. The van der Waals surface area contributed by atoms with Gasteiger partial charge < -0.3 is 4.57 Å². The van der Waals surface area contributed by atoms with E-state index in [2.05, 4.69) is 4.98 Å². The highest BCUT2D eigenvalue weighted by Crippen LogP contribution is 2.21. The summed E-state index contributed by atoms with van der Waals surface area (Å²) in [6, 6.07) is 5.23. The van der Waals surface area contributed by atoms with E-state index in [1.807, 2.05) is 0 Å². The van der Waals surface area contributed by atoms with Gasteiger partial charge in [-0.15, -0.1) is 0 Å². The van der Waals surface area contributed by atoms with Crippen molar-refractivity contribution in [2.75, 3.05) is 0 Å². The first-order chi connectivity index (χ1) is 7.70. The number of imidazole rings is 1. The molecule has 0 aliphatic carbocycles. The molecule has 0 N–H and O–H groups in total. The molecule has 0 fully saturated rings. The summed E-state index contributed by atoms with van der Waals surface area (Å²) in [5.74, 6) is 0.371. The van der Waals surface area contributed by atoms with Crippen LogP contribution < -0.4 is 0 Å². The molecule has 82 valence electrons. The Bertz CT molecular complexity index is 522. The van der Waals surface area contributed by atoms with Gasteiger partial charge in [0, 0.05) is 22.4 Å². The summed E-state index contributed by atoms with van der Waals surface area (Å²) in [6.07, 6.45) is 4.00. The Morgan fingerprint density at radius 1 is 1.38 bits per heavy atom. The molecule has 3 nitrogen and oxygen atoms in total. The number of nitrogens with zero attached hydrogens (tertiary/aromatic N) is 2. The maximum Gasteiger partial charge on any atom is 0.185 e. The van der Waals surface area contributed by atoms with Crippen LogP contribution in [0.4, 0.5) is 0 Å². The second-order valence-corrected chi connectivity index (χ2v) is 4.11. The fourth-order valence-electron chi connectivity index (χ4n) is 1.42. The molecule has 1 aromatic carbocycles. The molecule has 2 rings (SSSR count). The Morgan fingerprint density at radius 2 is 2.19 bits per heavy atom. The van der Waals surface area contributed by atoms with Gasteiger partial charge in [-0.1, -0.05) is 23.2 Å². The van der Waals surface area contributed by atoms with Crippen LogP contribution >= 0.6 is 23.2 Å². The number of halogens is 2. The van der Waals surface area contributed by atoms with Gasteiger partial charge in [0.05, 0.1) is 6.54 Å². The molecule has 0 unspecified atom stereocenters. The Hall–Kier alpha value is -1.32. The van der Waals surface area contributed by atoms with Gasteiger partial charge in [0.15, 0.2) is 12.1 Å². The zero-order valence-corrected chi connectivity index (χ0v) is 9.74. The van der Waals surface area contributed by atoms with Crippen molar-refractivity contribution in [1.82, 2.24) is 9.55 Å². The predicted molar refractivity (Wildman–Crippen MR) is 63.2 cm³/mol. The van der Waals surface area contributed by atoms with Gasteiger partial charge in [0.2, 0.25) is 0 Å². The number of benzene rings is 1. The van der Waals surface area contributed by atoms with Crippen LogP contribution in [-0.4, -0.2) is 15.8 Å². The highest BCUT2D eigenvalue weighted by molar-refractivity contribution is 6.33. The summed E-state index contributed by atoms with van der Waals surface area (Å²) in [5, 5.41) is 1.24. The summed E-state index contributed by atoms with van der Waals surface area (Å²) in [6.45, 7) is 0.480. The molecular weight excluding hydrogens is 247 g/mol. The van der Waals surface area contributed by atoms with Crippen molar-refractivity contribution in [3.63, 3.8) is 0 Å². The van der Waals surface area contributed by atoms with Crippen molar-refractivity contribution in [2.24, 2.45) is 0 Å². The van der Waals surface area contributed by atoms with Crippen LogP contribution in [0.1, 0.15) is 16.2 Å². The van der Waals surface area contributed by atoms with Gasteiger partial charge in [0.1, 0.15) is 0 Å². The second kappa shape index (κ2) is 4.68. The monoisotopic (exact) mass is 254 g/mol. The molecule has 2 aromatic rings. The van der Waals surface area contributed by atoms with Gasteiger partial charge in [-0.3, -0.25) is 4.79 Å². The number of hydrogen-bond acceptors (Lipinski definition) is 2. The zero-order valence-electron chi connectivity index (χ0n) is 8.23. The summed E-state index contributed by atoms with van der Waals surface area (Å²) in [5.41, 5.74) is 0.857. The van der Waals surface area contributed by atoms with Crippen molar-refractivity contribution in [3.05, 3.63) is 52.0 Å². The first-order valence-corrected chi connectivity index (χ1v) is 5.36. The van der Waals surface area contributed by atoms with Crippen molar-refractivity contribution in [3.8, 4) is 0 Å². The highest BCUT2D eigenvalue weighted by atomic mass is 35.5. The lowest BCUT2D eigenvalue weighted by Gasteiger charge is -2.07. The van der Waals surface area contributed by atoms with E-state index in [1.54, 1.807) is 35.2 Å². The fourth-order valence-corrected chi connectivity index (χ4v) is 1.79. The average Bonchev–Trinajstić information content (AvgIpc) is 2.71. The van der Waals surface area contributed by atoms with Gasteiger partial charge in [-0.05, 0) is 23.8 Å². The van der Waals surface area contributed by atoms with Crippen molar-refractivity contribution in [1.29, 1.82) is 0 Å². The normalized spacial score (nSPS) is 10.4. The minimum absolute atomic E-state index is 0.371. The summed E-state index contributed by atoms with van der Waals surface area (Å²) >= 11 is 11.9. The van der Waals surface area contributed by atoms with E-state index in [4.69, 9.17) is 23.2 Å². The number of carbonyl (C=O) groups excluding carboxylic acids is 1. The Balaban J connectivity index is 2.33.